The van der Waals surface area contributed by atoms with Crippen molar-refractivity contribution in [1.29, 1.82) is 0 Å². The Bertz CT molecular complexity index is 901. The highest BCUT2D eigenvalue weighted by atomic mass is 19.3. The molecule has 0 N–H and O–H groups in total. The van der Waals surface area contributed by atoms with Gasteiger partial charge in [-0.3, -0.25) is 0 Å². The highest BCUT2D eigenvalue weighted by Gasteiger charge is 2.32. The van der Waals surface area contributed by atoms with E-state index in [1.807, 2.05) is 19.1 Å². The van der Waals surface area contributed by atoms with Crippen LogP contribution in [0.2, 0.25) is 0 Å². The Kier molecular flexibility index (Phi) is 8.21. The number of hydrogen-bond acceptors (Lipinski definition) is 2. The van der Waals surface area contributed by atoms with Gasteiger partial charge in [-0.25, -0.2) is 4.39 Å². The first-order valence-corrected chi connectivity index (χ1v) is 11.2. The van der Waals surface area contributed by atoms with E-state index in [9.17, 15) is 17.6 Å². The van der Waals surface area contributed by atoms with Gasteiger partial charge in [0, 0.05) is 0 Å². The lowest BCUT2D eigenvalue weighted by Crippen LogP contribution is -2.25. The van der Waals surface area contributed by atoms with Gasteiger partial charge in [-0.1, -0.05) is 30.4 Å². The molecule has 32 heavy (non-hydrogen) atoms. The molecule has 2 aromatic carbocycles. The molecule has 2 nitrogen and oxygen atoms in total. The van der Waals surface area contributed by atoms with Crippen molar-refractivity contribution in [3.63, 3.8) is 0 Å². The molecule has 0 aromatic heterocycles. The van der Waals surface area contributed by atoms with Gasteiger partial charge in [-0.05, 0) is 87.1 Å². The first-order chi connectivity index (χ1) is 15.3. The summed E-state index contributed by atoms with van der Waals surface area (Å²) in [5, 5.41) is 0. The van der Waals surface area contributed by atoms with Crippen molar-refractivity contribution in [2.75, 3.05) is 6.61 Å². The van der Waals surface area contributed by atoms with Crippen LogP contribution in [0.25, 0.3) is 0 Å². The van der Waals surface area contributed by atoms with Gasteiger partial charge in [0.1, 0.15) is 5.75 Å². The predicted octanol–water partition coefficient (Wildman–Crippen LogP) is 7.82. The van der Waals surface area contributed by atoms with E-state index in [2.05, 4.69) is 12.2 Å². The van der Waals surface area contributed by atoms with Crippen LogP contribution >= 0.6 is 0 Å². The van der Waals surface area contributed by atoms with Crippen molar-refractivity contribution in [3.05, 3.63) is 71.3 Å². The average molecular weight is 451 g/mol. The van der Waals surface area contributed by atoms with E-state index >= 15 is 0 Å². The zero-order valence-corrected chi connectivity index (χ0v) is 18.6. The van der Waals surface area contributed by atoms with E-state index in [-0.39, 0.29) is 30.1 Å². The SMILES string of the molecule is C/C=C/C1CCC(c2ccc(OC(F)(F)CCc3ccc(OCC)c(F)c3F)cc2)CC1. The van der Waals surface area contributed by atoms with Gasteiger partial charge < -0.3 is 9.47 Å². The molecule has 1 fully saturated rings. The van der Waals surface area contributed by atoms with E-state index in [0.29, 0.717) is 11.8 Å². The molecule has 0 unspecified atom stereocenters. The van der Waals surface area contributed by atoms with E-state index in [1.54, 1.807) is 19.1 Å². The third kappa shape index (κ3) is 6.27. The summed E-state index contributed by atoms with van der Waals surface area (Å²) in [4.78, 5) is 0. The molecule has 0 spiro atoms. The van der Waals surface area contributed by atoms with Gasteiger partial charge in [0.2, 0.25) is 5.82 Å². The summed E-state index contributed by atoms with van der Waals surface area (Å²) in [7, 11) is 0. The van der Waals surface area contributed by atoms with Crippen LogP contribution in [-0.4, -0.2) is 12.7 Å². The number of allylic oxidation sites excluding steroid dienone is 2. The third-order valence-electron chi connectivity index (χ3n) is 5.97. The second-order valence-corrected chi connectivity index (χ2v) is 8.23. The minimum absolute atomic E-state index is 0.0553. The van der Waals surface area contributed by atoms with Gasteiger partial charge in [-0.2, -0.15) is 13.2 Å². The van der Waals surface area contributed by atoms with Crippen LogP contribution in [0.15, 0.2) is 48.6 Å². The highest BCUT2D eigenvalue weighted by molar-refractivity contribution is 5.32. The molecule has 0 bridgehead atoms. The lowest BCUT2D eigenvalue weighted by atomic mass is 9.78. The maximum Gasteiger partial charge on any atom is 0.398 e. The van der Waals surface area contributed by atoms with Crippen molar-refractivity contribution >= 4 is 0 Å². The molecule has 1 aliphatic rings. The fraction of sp³-hybridized carbons (Fsp3) is 0.462. The van der Waals surface area contributed by atoms with Gasteiger partial charge in [0.05, 0.1) is 13.0 Å². The molecular formula is C26H30F4O2. The topological polar surface area (TPSA) is 18.5 Å². The number of ether oxygens (including phenoxy) is 2. The molecule has 2 aromatic rings. The Morgan fingerprint density at radius 1 is 0.969 bits per heavy atom. The number of hydrogen-bond donors (Lipinski definition) is 0. The Labute approximate surface area is 187 Å². The van der Waals surface area contributed by atoms with Gasteiger partial charge in [0.25, 0.3) is 0 Å². The standard InChI is InChI=1S/C26H30F4O2/c1-3-5-18-6-8-19(9-7-18)20-10-13-22(14-11-20)32-26(29,30)17-16-21-12-15-23(31-4-2)25(28)24(21)27/h3,5,10-15,18-19H,4,6-9,16-17H2,1-2H3/b5-3+. The van der Waals surface area contributed by atoms with Crippen molar-refractivity contribution in [2.45, 2.75) is 64.4 Å². The first kappa shape index (κ1) is 24.1. The third-order valence-corrected chi connectivity index (χ3v) is 5.97. The molecule has 0 aliphatic heterocycles. The fourth-order valence-corrected chi connectivity index (χ4v) is 4.26. The van der Waals surface area contributed by atoms with Crippen LogP contribution in [0.3, 0.4) is 0 Å². The van der Waals surface area contributed by atoms with Crippen LogP contribution in [0.1, 0.15) is 63.0 Å². The number of aryl methyl sites for hydroxylation is 1. The summed E-state index contributed by atoms with van der Waals surface area (Å²) in [5.41, 5.74) is 0.990. The van der Waals surface area contributed by atoms with Crippen LogP contribution in [0.5, 0.6) is 11.5 Å². The maximum absolute atomic E-state index is 14.3. The van der Waals surface area contributed by atoms with E-state index in [1.165, 1.54) is 12.1 Å². The van der Waals surface area contributed by atoms with E-state index in [0.717, 1.165) is 31.2 Å². The molecule has 0 radical (unpaired) electrons. The summed E-state index contributed by atoms with van der Waals surface area (Å²) in [5.74, 6) is -1.44. The zero-order valence-electron chi connectivity index (χ0n) is 18.6. The number of benzene rings is 2. The molecule has 3 rings (SSSR count). The lowest BCUT2D eigenvalue weighted by molar-refractivity contribution is -0.180. The summed E-state index contributed by atoms with van der Waals surface area (Å²) in [6, 6.07) is 9.30. The molecule has 0 atom stereocenters. The van der Waals surface area contributed by atoms with Crippen molar-refractivity contribution in [3.8, 4) is 11.5 Å². The molecule has 1 aliphatic carbocycles. The summed E-state index contributed by atoms with van der Waals surface area (Å²) in [6.07, 6.45) is 4.13. The second kappa shape index (κ2) is 10.9. The molecule has 0 heterocycles. The molecular weight excluding hydrogens is 420 g/mol. The molecule has 174 valence electrons. The highest BCUT2D eigenvalue weighted by Crippen LogP contribution is 2.37. The largest absolute Gasteiger partial charge is 0.491 e. The van der Waals surface area contributed by atoms with E-state index < -0.39 is 24.2 Å². The Morgan fingerprint density at radius 2 is 1.66 bits per heavy atom. The fourth-order valence-electron chi connectivity index (χ4n) is 4.26. The van der Waals surface area contributed by atoms with Crippen LogP contribution in [0, 0.1) is 17.6 Å². The Balaban J connectivity index is 1.56. The lowest BCUT2D eigenvalue weighted by Gasteiger charge is -2.27. The Hall–Kier alpha value is -2.50. The van der Waals surface area contributed by atoms with Gasteiger partial charge in [0.15, 0.2) is 11.6 Å². The molecule has 1 saturated carbocycles. The molecule has 6 heteroatoms. The van der Waals surface area contributed by atoms with Crippen molar-refractivity contribution in [2.24, 2.45) is 5.92 Å². The Morgan fingerprint density at radius 3 is 2.28 bits per heavy atom. The predicted molar refractivity (Wildman–Crippen MR) is 117 cm³/mol. The normalized spacial score (nSPS) is 19.3. The van der Waals surface area contributed by atoms with E-state index in [4.69, 9.17) is 9.47 Å². The zero-order chi connectivity index (χ0) is 23.1. The summed E-state index contributed by atoms with van der Waals surface area (Å²) >= 11 is 0. The van der Waals surface area contributed by atoms with Crippen LogP contribution in [-0.2, 0) is 6.42 Å². The van der Waals surface area contributed by atoms with Crippen LogP contribution < -0.4 is 9.47 Å². The quantitative estimate of drug-likeness (QED) is 0.286. The smallest absolute Gasteiger partial charge is 0.398 e. The van der Waals surface area contributed by atoms with Crippen LogP contribution in [0.4, 0.5) is 17.6 Å². The minimum atomic E-state index is -3.51. The minimum Gasteiger partial charge on any atom is -0.491 e. The number of halogens is 4. The monoisotopic (exact) mass is 450 g/mol. The molecule has 0 saturated heterocycles. The number of alkyl halides is 2. The average Bonchev–Trinajstić information content (AvgIpc) is 2.78. The second-order valence-electron chi connectivity index (χ2n) is 8.23. The van der Waals surface area contributed by atoms with Gasteiger partial charge in [-0.15, -0.1) is 0 Å². The summed E-state index contributed by atoms with van der Waals surface area (Å²) in [6.45, 7) is 3.86. The first-order valence-electron chi connectivity index (χ1n) is 11.2. The van der Waals surface area contributed by atoms with Crippen molar-refractivity contribution < 1.29 is 27.0 Å². The van der Waals surface area contributed by atoms with Gasteiger partial charge >= 0.3 is 6.11 Å². The van der Waals surface area contributed by atoms with Crippen molar-refractivity contribution in [1.82, 2.24) is 0 Å². The number of rotatable bonds is 9. The summed E-state index contributed by atoms with van der Waals surface area (Å²) < 4.78 is 66.6. The maximum atomic E-state index is 14.3. The molecule has 0 amide bonds.